The van der Waals surface area contributed by atoms with Crippen molar-refractivity contribution in [2.75, 3.05) is 31.6 Å². The first kappa shape index (κ1) is 21.7. The number of likely N-dealkylation sites (tertiary alicyclic amines) is 1. The van der Waals surface area contributed by atoms with Crippen LogP contribution in [0.1, 0.15) is 44.6 Å². The molecule has 2 saturated heterocycles. The van der Waals surface area contributed by atoms with Gasteiger partial charge in [0.2, 0.25) is 12.3 Å². The van der Waals surface area contributed by atoms with E-state index in [0.29, 0.717) is 31.0 Å². The van der Waals surface area contributed by atoms with Crippen molar-refractivity contribution in [3.05, 3.63) is 30.1 Å². The van der Waals surface area contributed by atoms with Crippen LogP contribution in [0, 0.1) is 11.8 Å². The molecule has 2 aliphatic heterocycles. The molecule has 2 aromatic rings. The lowest BCUT2D eigenvalue weighted by atomic mass is 9.80. The number of carbonyl (C=O) groups excluding carboxylic acids is 1. The number of ether oxygens (including phenoxy) is 1. The highest BCUT2D eigenvalue weighted by molar-refractivity contribution is 5.81. The average molecular weight is 442 g/mol. The summed E-state index contributed by atoms with van der Waals surface area (Å²) in [5.74, 6) is 1.36. The van der Waals surface area contributed by atoms with Crippen LogP contribution >= 0.6 is 0 Å². The molecule has 8 heteroatoms. The van der Waals surface area contributed by atoms with E-state index in [4.69, 9.17) is 4.74 Å². The number of aliphatic hydroxyl groups is 1. The summed E-state index contributed by atoms with van der Waals surface area (Å²) in [5, 5.41) is 17.4. The number of fused-ring (bicyclic) bond motifs is 1. The standard InChI is InChI=1S/C24H35N5O3/c1-16-9-17(3-6-27(16)15-19-11-20(12-19)32-2)10-18-4-8-29-21(13-18)22(14-25-29)28-7-5-23(30)26-24(28)31/h4,8,13-14,16-17,19-20,24,31H,3,5-7,9-12,15H2,1-2H3,(H,26,30)/t16-,17+,19?,20?,24?/m0/s1. The van der Waals surface area contributed by atoms with E-state index in [0.717, 1.165) is 23.5 Å². The Bertz CT molecular complexity index is 956. The fraction of sp³-hybridized carbons (Fsp3) is 0.667. The van der Waals surface area contributed by atoms with Crippen molar-refractivity contribution in [3.8, 4) is 0 Å². The number of carbonyl (C=O) groups is 1. The van der Waals surface area contributed by atoms with Crippen LogP contribution in [-0.2, 0) is 16.0 Å². The van der Waals surface area contributed by atoms with E-state index in [1.54, 1.807) is 6.20 Å². The number of hydrogen-bond acceptors (Lipinski definition) is 6. The Morgan fingerprint density at radius 1 is 1.25 bits per heavy atom. The van der Waals surface area contributed by atoms with Crippen molar-refractivity contribution in [1.82, 2.24) is 19.8 Å². The molecule has 3 atom stereocenters. The molecule has 5 rings (SSSR count). The fourth-order valence-electron chi connectivity index (χ4n) is 5.71. The highest BCUT2D eigenvalue weighted by Gasteiger charge is 2.33. The zero-order valence-electron chi connectivity index (χ0n) is 19.1. The number of piperidine rings is 1. The Labute approximate surface area is 189 Å². The molecule has 3 aliphatic rings. The smallest absolute Gasteiger partial charge is 0.225 e. The van der Waals surface area contributed by atoms with Gasteiger partial charge in [0.15, 0.2) is 0 Å². The first-order valence-electron chi connectivity index (χ1n) is 12.0. The summed E-state index contributed by atoms with van der Waals surface area (Å²) in [6, 6.07) is 4.98. The number of aromatic nitrogens is 2. The summed E-state index contributed by atoms with van der Waals surface area (Å²) in [4.78, 5) is 16.0. The molecule has 3 fully saturated rings. The molecule has 1 unspecified atom stereocenters. The Balaban J connectivity index is 1.22. The van der Waals surface area contributed by atoms with Crippen molar-refractivity contribution in [3.63, 3.8) is 0 Å². The van der Waals surface area contributed by atoms with Crippen LogP contribution in [-0.4, -0.2) is 70.8 Å². The number of amides is 1. The molecule has 1 saturated carbocycles. The van der Waals surface area contributed by atoms with Gasteiger partial charge in [-0.3, -0.25) is 4.79 Å². The highest BCUT2D eigenvalue weighted by Crippen LogP contribution is 2.34. The lowest BCUT2D eigenvalue weighted by Crippen LogP contribution is -2.54. The van der Waals surface area contributed by atoms with Crippen LogP contribution in [0.5, 0.6) is 0 Å². The van der Waals surface area contributed by atoms with E-state index >= 15 is 0 Å². The molecule has 32 heavy (non-hydrogen) atoms. The Kier molecular flexibility index (Phi) is 6.09. The molecule has 0 spiro atoms. The van der Waals surface area contributed by atoms with Crippen molar-refractivity contribution in [2.45, 2.75) is 63.9 Å². The van der Waals surface area contributed by atoms with Gasteiger partial charge in [0.05, 0.1) is 23.5 Å². The number of anilines is 1. The minimum Gasteiger partial charge on any atom is -0.381 e. The number of nitrogens with zero attached hydrogens (tertiary/aromatic N) is 4. The maximum atomic E-state index is 11.6. The van der Waals surface area contributed by atoms with E-state index in [1.165, 1.54) is 44.3 Å². The third-order valence-electron chi connectivity index (χ3n) is 7.71. The maximum absolute atomic E-state index is 11.6. The molecule has 0 aromatic carbocycles. The number of aliphatic hydroxyl groups excluding tert-OH is 1. The quantitative estimate of drug-likeness (QED) is 0.714. The lowest BCUT2D eigenvalue weighted by Gasteiger charge is -2.43. The summed E-state index contributed by atoms with van der Waals surface area (Å²) in [7, 11) is 1.83. The zero-order chi connectivity index (χ0) is 22.2. The van der Waals surface area contributed by atoms with Crippen LogP contribution < -0.4 is 10.2 Å². The van der Waals surface area contributed by atoms with E-state index in [-0.39, 0.29) is 5.91 Å². The van der Waals surface area contributed by atoms with Gasteiger partial charge >= 0.3 is 0 Å². The van der Waals surface area contributed by atoms with Gasteiger partial charge in [-0.15, -0.1) is 0 Å². The third kappa shape index (κ3) is 4.36. The molecule has 0 bridgehead atoms. The van der Waals surface area contributed by atoms with Crippen LogP contribution in [0.2, 0.25) is 0 Å². The minimum absolute atomic E-state index is 0.123. The van der Waals surface area contributed by atoms with E-state index in [1.807, 2.05) is 22.7 Å². The normalized spacial score (nSPS) is 31.5. The number of rotatable bonds is 6. The Morgan fingerprint density at radius 2 is 2.09 bits per heavy atom. The molecule has 8 nitrogen and oxygen atoms in total. The van der Waals surface area contributed by atoms with Gasteiger partial charge < -0.3 is 25.0 Å². The molecular weight excluding hydrogens is 406 g/mol. The molecular formula is C24H35N5O3. The predicted octanol–water partition coefficient (Wildman–Crippen LogP) is 2.00. The lowest BCUT2D eigenvalue weighted by molar-refractivity contribution is -0.125. The fourth-order valence-corrected chi connectivity index (χ4v) is 5.71. The van der Waals surface area contributed by atoms with Gasteiger partial charge in [0.25, 0.3) is 0 Å². The summed E-state index contributed by atoms with van der Waals surface area (Å²) in [6.07, 6.45) is 9.59. The molecule has 1 amide bonds. The van der Waals surface area contributed by atoms with E-state index in [2.05, 4.69) is 34.4 Å². The Morgan fingerprint density at radius 3 is 2.84 bits per heavy atom. The van der Waals surface area contributed by atoms with Crippen molar-refractivity contribution in [2.24, 2.45) is 11.8 Å². The number of pyridine rings is 1. The van der Waals surface area contributed by atoms with Gasteiger partial charge in [-0.1, -0.05) is 0 Å². The number of nitrogens with one attached hydrogen (secondary N) is 1. The largest absolute Gasteiger partial charge is 0.381 e. The number of hydrogen-bond donors (Lipinski definition) is 2. The first-order valence-corrected chi connectivity index (χ1v) is 12.0. The van der Waals surface area contributed by atoms with Crippen molar-refractivity contribution >= 4 is 17.1 Å². The van der Waals surface area contributed by atoms with Gasteiger partial charge in [0.1, 0.15) is 0 Å². The van der Waals surface area contributed by atoms with E-state index < -0.39 is 6.35 Å². The van der Waals surface area contributed by atoms with Gasteiger partial charge in [-0.2, -0.15) is 5.10 Å². The summed E-state index contributed by atoms with van der Waals surface area (Å²) in [6.45, 7) is 5.26. The topological polar surface area (TPSA) is 82.3 Å². The third-order valence-corrected chi connectivity index (χ3v) is 7.71. The molecule has 2 aromatic heterocycles. The van der Waals surface area contributed by atoms with Crippen LogP contribution in [0.25, 0.3) is 5.52 Å². The second-order valence-corrected chi connectivity index (χ2v) is 9.91. The minimum atomic E-state index is -1.01. The van der Waals surface area contributed by atoms with Crippen LogP contribution in [0.4, 0.5) is 5.69 Å². The van der Waals surface area contributed by atoms with E-state index in [9.17, 15) is 9.90 Å². The van der Waals surface area contributed by atoms with Crippen LogP contribution in [0.15, 0.2) is 24.5 Å². The summed E-state index contributed by atoms with van der Waals surface area (Å²) >= 11 is 0. The summed E-state index contributed by atoms with van der Waals surface area (Å²) in [5.41, 5.74) is 3.14. The monoisotopic (exact) mass is 441 g/mol. The Hall–Kier alpha value is -2.16. The van der Waals surface area contributed by atoms with Gasteiger partial charge in [-0.25, -0.2) is 4.52 Å². The first-order chi connectivity index (χ1) is 15.5. The highest BCUT2D eigenvalue weighted by atomic mass is 16.5. The molecule has 2 N–H and O–H groups in total. The van der Waals surface area contributed by atoms with Gasteiger partial charge in [-0.05, 0) is 75.1 Å². The average Bonchev–Trinajstić information content (AvgIpc) is 3.15. The van der Waals surface area contributed by atoms with Crippen molar-refractivity contribution in [1.29, 1.82) is 0 Å². The molecule has 0 radical (unpaired) electrons. The second kappa shape index (κ2) is 9.00. The summed E-state index contributed by atoms with van der Waals surface area (Å²) < 4.78 is 7.28. The van der Waals surface area contributed by atoms with Crippen LogP contribution in [0.3, 0.4) is 0 Å². The molecule has 174 valence electrons. The second-order valence-electron chi connectivity index (χ2n) is 9.91. The molecule has 1 aliphatic carbocycles. The molecule has 4 heterocycles. The van der Waals surface area contributed by atoms with Gasteiger partial charge in [0, 0.05) is 38.9 Å². The maximum Gasteiger partial charge on any atom is 0.225 e. The zero-order valence-corrected chi connectivity index (χ0v) is 19.1. The predicted molar refractivity (Wildman–Crippen MR) is 122 cm³/mol. The van der Waals surface area contributed by atoms with Crippen molar-refractivity contribution < 1.29 is 14.6 Å². The number of methoxy groups -OCH3 is 1. The SMILES string of the molecule is COC1CC(CN2CC[C@@H](Cc3ccn4ncc(N5CCC(=O)NC5O)c4c3)C[C@@H]2C)C1.